The van der Waals surface area contributed by atoms with E-state index in [9.17, 15) is 26.3 Å². The van der Waals surface area contributed by atoms with Crippen molar-refractivity contribution in [3.05, 3.63) is 137 Å². The molecule has 0 radical (unpaired) electrons. The quantitative estimate of drug-likeness (QED) is 0.187. The van der Waals surface area contributed by atoms with Crippen molar-refractivity contribution >= 4 is 11.4 Å². The van der Waals surface area contributed by atoms with Crippen molar-refractivity contribution in [2.24, 2.45) is 4.99 Å². The Morgan fingerprint density at radius 1 is 0.476 bits per heavy atom. The van der Waals surface area contributed by atoms with E-state index in [1.165, 1.54) is 24.3 Å². The van der Waals surface area contributed by atoms with Crippen molar-refractivity contribution in [1.29, 1.82) is 0 Å². The third kappa shape index (κ3) is 5.00. The molecule has 6 rings (SSSR count). The maximum Gasteiger partial charge on any atom is 0.416 e. The number of benzene rings is 5. The molecule has 0 unspecified atom stereocenters. The summed E-state index contributed by atoms with van der Waals surface area (Å²) in [7, 11) is 0. The minimum absolute atomic E-state index is 0.584. The van der Waals surface area contributed by atoms with Gasteiger partial charge in [-0.3, -0.25) is 0 Å². The summed E-state index contributed by atoms with van der Waals surface area (Å²) < 4.78 is 79.9. The molecule has 0 heterocycles. The van der Waals surface area contributed by atoms with Crippen LogP contribution in [0, 0.1) is 13.8 Å². The summed E-state index contributed by atoms with van der Waals surface area (Å²) >= 11 is 0. The van der Waals surface area contributed by atoms with Crippen LogP contribution >= 0.6 is 0 Å². The summed E-state index contributed by atoms with van der Waals surface area (Å²) in [6.07, 6.45) is -8.93. The second-order valence-corrected chi connectivity index (χ2v) is 10.4. The summed E-state index contributed by atoms with van der Waals surface area (Å²) in [5, 5.41) is 0. The molecular weight excluding hydrogens is 548 g/mol. The van der Waals surface area contributed by atoms with Crippen molar-refractivity contribution in [3.8, 4) is 33.4 Å². The maximum atomic E-state index is 13.3. The standard InChI is InChI=1S/C35H23F6N/c1-20-17-21(2)19-26(18-20)42-33-29-7-3-5-27(22-9-13-24(14-10-22)34(36,37)38)31(29)32-28(6-4-8-30(32)33)23-11-15-25(16-12-23)35(39,40)41/h3-19H,1-2H3. The Morgan fingerprint density at radius 3 is 1.24 bits per heavy atom. The zero-order valence-corrected chi connectivity index (χ0v) is 22.5. The van der Waals surface area contributed by atoms with Crippen LogP contribution in [0.1, 0.15) is 33.4 Å². The molecule has 1 aliphatic carbocycles. The van der Waals surface area contributed by atoms with Gasteiger partial charge in [-0.05, 0) is 83.6 Å². The molecule has 0 fully saturated rings. The van der Waals surface area contributed by atoms with Crippen molar-refractivity contribution in [2.75, 3.05) is 0 Å². The first-order valence-electron chi connectivity index (χ1n) is 13.2. The lowest BCUT2D eigenvalue weighted by Gasteiger charge is -2.15. The fourth-order valence-corrected chi connectivity index (χ4v) is 5.61. The summed E-state index contributed by atoms with van der Waals surface area (Å²) in [5.41, 5.74) is 7.73. The molecule has 0 amide bonds. The fraction of sp³-hybridized carbons (Fsp3) is 0.114. The second-order valence-electron chi connectivity index (χ2n) is 10.4. The zero-order valence-electron chi connectivity index (χ0n) is 22.5. The molecule has 210 valence electrons. The van der Waals surface area contributed by atoms with Crippen LogP contribution in [-0.4, -0.2) is 5.71 Å². The Kier molecular flexibility index (Phi) is 6.56. The number of alkyl halides is 6. The van der Waals surface area contributed by atoms with E-state index in [0.717, 1.165) is 63.3 Å². The van der Waals surface area contributed by atoms with E-state index < -0.39 is 23.5 Å². The van der Waals surface area contributed by atoms with Crippen LogP contribution in [-0.2, 0) is 12.4 Å². The van der Waals surface area contributed by atoms with Crippen LogP contribution in [0.5, 0.6) is 0 Å². The normalized spacial score (nSPS) is 12.7. The molecule has 0 N–H and O–H groups in total. The molecule has 0 spiro atoms. The molecule has 0 bridgehead atoms. The monoisotopic (exact) mass is 571 g/mol. The fourth-order valence-electron chi connectivity index (χ4n) is 5.61. The number of aryl methyl sites for hydroxylation is 2. The van der Waals surface area contributed by atoms with Gasteiger partial charge in [-0.15, -0.1) is 0 Å². The van der Waals surface area contributed by atoms with E-state index in [-0.39, 0.29) is 0 Å². The highest BCUT2D eigenvalue weighted by atomic mass is 19.4. The maximum absolute atomic E-state index is 13.3. The molecular formula is C35H23F6N. The van der Waals surface area contributed by atoms with Crippen LogP contribution in [0.15, 0.2) is 108 Å². The minimum atomic E-state index is -4.47. The average Bonchev–Trinajstić information content (AvgIpc) is 3.25. The smallest absolute Gasteiger partial charge is 0.248 e. The molecule has 1 aliphatic rings. The number of hydrogen-bond acceptors (Lipinski definition) is 1. The van der Waals surface area contributed by atoms with Gasteiger partial charge < -0.3 is 0 Å². The van der Waals surface area contributed by atoms with Gasteiger partial charge >= 0.3 is 12.4 Å². The molecule has 0 aromatic heterocycles. The molecule has 5 aromatic rings. The van der Waals surface area contributed by atoms with E-state index in [1.807, 2.05) is 68.4 Å². The number of aliphatic imine (C=N–C) groups is 1. The molecule has 0 atom stereocenters. The van der Waals surface area contributed by atoms with E-state index in [0.29, 0.717) is 28.0 Å². The van der Waals surface area contributed by atoms with Gasteiger partial charge in [0.15, 0.2) is 0 Å². The van der Waals surface area contributed by atoms with Crippen LogP contribution in [0.25, 0.3) is 33.4 Å². The van der Waals surface area contributed by atoms with Crippen molar-refractivity contribution in [3.63, 3.8) is 0 Å². The second kappa shape index (κ2) is 10.0. The summed E-state index contributed by atoms with van der Waals surface area (Å²) in [6.45, 7) is 3.97. The highest BCUT2D eigenvalue weighted by Crippen LogP contribution is 2.48. The topological polar surface area (TPSA) is 12.4 Å². The predicted molar refractivity (Wildman–Crippen MR) is 154 cm³/mol. The SMILES string of the molecule is Cc1cc(C)cc(N=C2c3cccc(-c4ccc(C(F)(F)F)cc4)c3-c3c2cccc3-c2ccc(C(F)(F)F)cc2)c1. The summed E-state index contributed by atoms with van der Waals surface area (Å²) in [6, 6.07) is 27.2. The van der Waals surface area contributed by atoms with Crippen LogP contribution < -0.4 is 0 Å². The number of nitrogens with zero attached hydrogens (tertiary/aromatic N) is 1. The Bertz CT molecular complexity index is 1710. The van der Waals surface area contributed by atoms with Crippen LogP contribution in [0.2, 0.25) is 0 Å². The van der Waals surface area contributed by atoms with E-state index in [2.05, 4.69) is 0 Å². The van der Waals surface area contributed by atoms with Crippen LogP contribution in [0.3, 0.4) is 0 Å². The number of hydrogen-bond donors (Lipinski definition) is 0. The van der Waals surface area contributed by atoms with E-state index in [1.54, 1.807) is 0 Å². The number of fused-ring (bicyclic) bond motifs is 3. The molecule has 0 saturated heterocycles. The summed E-state index contributed by atoms with van der Waals surface area (Å²) in [5.74, 6) is 0. The lowest BCUT2D eigenvalue weighted by atomic mass is 9.89. The van der Waals surface area contributed by atoms with Crippen molar-refractivity contribution < 1.29 is 26.3 Å². The third-order valence-electron chi connectivity index (χ3n) is 7.38. The van der Waals surface area contributed by atoms with Crippen molar-refractivity contribution in [2.45, 2.75) is 26.2 Å². The highest BCUT2D eigenvalue weighted by Gasteiger charge is 2.33. The Balaban J connectivity index is 1.61. The molecule has 1 nitrogen and oxygen atoms in total. The third-order valence-corrected chi connectivity index (χ3v) is 7.38. The Morgan fingerprint density at radius 2 is 0.857 bits per heavy atom. The first-order valence-corrected chi connectivity index (χ1v) is 13.2. The average molecular weight is 572 g/mol. The van der Waals surface area contributed by atoms with Gasteiger partial charge in [0.25, 0.3) is 0 Å². The largest absolute Gasteiger partial charge is 0.416 e. The van der Waals surface area contributed by atoms with Gasteiger partial charge in [0.2, 0.25) is 0 Å². The van der Waals surface area contributed by atoms with Gasteiger partial charge in [-0.1, -0.05) is 66.7 Å². The van der Waals surface area contributed by atoms with Crippen LogP contribution in [0.4, 0.5) is 32.0 Å². The first kappa shape index (κ1) is 27.5. The van der Waals surface area contributed by atoms with E-state index in [4.69, 9.17) is 4.99 Å². The Labute approximate surface area is 238 Å². The zero-order chi connectivity index (χ0) is 29.8. The van der Waals surface area contributed by atoms with Gasteiger partial charge in [-0.2, -0.15) is 26.3 Å². The van der Waals surface area contributed by atoms with E-state index >= 15 is 0 Å². The highest BCUT2D eigenvalue weighted by molar-refractivity contribution is 6.28. The van der Waals surface area contributed by atoms with Crippen molar-refractivity contribution in [1.82, 2.24) is 0 Å². The van der Waals surface area contributed by atoms with Gasteiger partial charge in [-0.25, -0.2) is 4.99 Å². The first-order chi connectivity index (χ1) is 19.9. The number of halogens is 6. The summed E-state index contributed by atoms with van der Waals surface area (Å²) in [4.78, 5) is 5.04. The molecule has 42 heavy (non-hydrogen) atoms. The molecule has 5 aromatic carbocycles. The van der Waals surface area contributed by atoms with Gasteiger partial charge in [0.1, 0.15) is 0 Å². The predicted octanol–water partition coefficient (Wildman–Crippen LogP) is 10.8. The van der Waals surface area contributed by atoms with Gasteiger partial charge in [0.05, 0.1) is 22.5 Å². The molecule has 0 saturated carbocycles. The van der Waals surface area contributed by atoms with Gasteiger partial charge in [0, 0.05) is 22.3 Å². The lowest BCUT2D eigenvalue weighted by Crippen LogP contribution is -2.04. The molecule has 0 aliphatic heterocycles. The Hall–Kier alpha value is -4.65. The number of rotatable bonds is 3. The molecule has 7 heteroatoms. The minimum Gasteiger partial charge on any atom is -0.248 e. The lowest BCUT2D eigenvalue weighted by molar-refractivity contribution is -0.138.